The number of methoxy groups -OCH3 is 1. The zero-order valence-electron chi connectivity index (χ0n) is 13.8. The van der Waals surface area contributed by atoms with Gasteiger partial charge >= 0.3 is 6.18 Å². The van der Waals surface area contributed by atoms with Crippen molar-refractivity contribution in [3.8, 4) is 17.4 Å². The summed E-state index contributed by atoms with van der Waals surface area (Å²) in [6.45, 7) is 3.13. The van der Waals surface area contributed by atoms with Gasteiger partial charge in [0.05, 0.1) is 26.0 Å². The summed E-state index contributed by atoms with van der Waals surface area (Å²) in [6.07, 6.45) is -5.32. The lowest BCUT2D eigenvalue weighted by Gasteiger charge is -2.08. The van der Waals surface area contributed by atoms with E-state index >= 15 is 0 Å². The van der Waals surface area contributed by atoms with E-state index < -0.39 is 12.6 Å². The number of carbonyl (C=O) groups is 1. The third kappa shape index (κ3) is 3.28. The fraction of sp³-hybridized carbons (Fsp3) is 0.467. The number of halogens is 3. The minimum absolute atomic E-state index is 0.169. The first-order valence-electron chi connectivity index (χ1n) is 7.58. The van der Waals surface area contributed by atoms with Crippen LogP contribution in [0.3, 0.4) is 0 Å². The quantitative estimate of drug-likeness (QED) is 0.912. The molecule has 1 N–H and O–H groups in total. The number of carbonyl (C=O) groups excluding carboxylic acids is 1. The molecule has 1 aliphatic heterocycles. The molecule has 3 rings (SSSR count). The van der Waals surface area contributed by atoms with Crippen LogP contribution in [0.1, 0.15) is 30.5 Å². The Bertz CT molecular complexity index is 831. The molecule has 0 aliphatic carbocycles. The number of hydrogen-bond acceptors (Lipinski definition) is 5. The molecule has 3 heterocycles. The van der Waals surface area contributed by atoms with Crippen molar-refractivity contribution >= 4 is 11.7 Å². The minimum Gasteiger partial charge on any atom is -0.481 e. The number of fused-ring (bicyclic) bond motifs is 1. The average molecular weight is 355 g/mol. The second kappa shape index (κ2) is 6.01. The van der Waals surface area contributed by atoms with Crippen LogP contribution in [0.4, 0.5) is 19.0 Å². The number of hydrogen-bond donors (Lipinski definition) is 1. The van der Waals surface area contributed by atoms with Gasteiger partial charge < -0.3 is 10.1 Å². The first-order chi connectivity index (χ1) is 11.7. The summed E-state index contributed by atoms with van der Waals surface area (Å²) in [5.41, 5.74) is 1.62. The Kier molecular flexibility index (Phi) is 4.13. The zero-order valence-corrected chi connectivity index (χ0v) is 13.8. The predicted molar refractivity (Wildman–Crippen MR) is 82.3 cm³/mol. The third-order valence-electron chi connectivity index (χ3n) is 3.99. The Hall–Kier alpha value is -2.65. The van der Waals surface area contributed by atoms with Crippen molar-refractivity contribution in [2.24, 2.45) is 0 Å². The number of amides is 1. The summed E-state index contributed by atoms with van der Waals surface area (Å²) >= 11 is 0. The molecule has 0 radical (unpaired) electrons. The lowest BCUT2D eigenvalue weighted by molar-refractivity contribution is -0.137. The number of ether oxygens (including phenoxy) is 1. The molecule has 0 fully saturated rings. The van der Waals surface area contributed by atoms with Gasteiger partial charge in [-0.05, 0) is 13.8 Å². The van der Waals surface area contributed by atoms with Crippen molar-refractivity contribution in [3.05, 3.63) is 17.3 Å². The Labute approximate surface area is 141 Å². The van der Waals surface area contributed by atoms with E-state index in [1.807, 2.05) is 0 Å². The van der Waals surface area contributed by atoms with Crippen molar-refractivity contribution in [3.63, 3.8) is 0 Å². The van der Waals surface area contributed by atoms with Crippen LogP contribution in [0.5, 0.6) is 5.88 Å². The van der Waals surface area contributed by atoms with Gasteiger partial charge in [-0.1, -0.05) is 0 Å². The van der Waals surface area contributed by atoms with Crippen molar-refractivity contribution in [1.29, 1.82) is 0 Å². The highest BCUT2D eigenvalue weighted by Crippen LogP contribution is 2.34. The number of aryl methyl sites for hydroxylation is 2. The van der Waals surface area contributed by atoms with Crippen LogP contribution in [0.15, 0.2) is 6.07 Å². The number of nitrogens with zero attached hydrogens (tertiary/aromatic N) is 4. The molecule has 0 saturated carbocycles. The topological polar surface area (TPSA) is 81.9 Å². The SMILES string of the molecule is COc1cc(-c2nc(C)c3c(n2)NC(=O)C3C)nn1CCC(F)(F)F. The van der Waals surface area contributed by atoms with Crippen LogP contribution >= 0.6 is 0 Å². The van der Waals surface area contributed by atoms with Gasteiger partial charge in [-0.2, -0.15) is 18.3 Å². The molecule has 7 nitrogen and oxygen atoms in total. The molecule has 0 spiro atoms. The Morgan fingerprint density at radius 2 is 2.08 bits per heavy atom. The summed E-state index contributed by atoms with van der Waals surface area (Å²) in [4.78, 5) is 20.4. The molecular weight excluding hydrogens is 339 g/mol. The molecule has 1 amide bonds. The third-order valence-corrected chi connectivity index (χ3v) is 3.99. The van der Waals surface area contributed by atoms with Gasteiger partial charge in [-0.25, -0.2) is 14.6 Å². The van der Waals surface area contributed by atoms with Gasteiger partial charge in [0.25, 0.3) is 0 Å². The maximum absolute atomic E-state index is 12.4. The maximum Gasteiger partial charge on any atom is 0.390 e. The highest BCUT2D eigenvalue weighted by molar-refractivity contribution is 6.02. The van der Waals surface area contributed by atoms with E-state index in [0.717, 1.165) is 10.2 Å². The van der Waals surface area contributed by atoms with Crippen LogP contribution in [0.2, 0.25) is 0 Å². The molecule has 2 aromatic heterocycles. The molecule has 10 heteroatoms. The van der Waals surface area contributed by atoms with E-state index in [1.54, 1.807) is 13.8 Å². The number of nitrogens with one attached hydrogen (secondary N) is 1. The van der Waals surface area contributed by atoms with Crippen LogP contribution in [-0.4, -0.2) is 38.9 Å². The van der Waals surface area contributed by atoms with Crippen LogP contribution in [0.25, 0.3) is 11.5 Å². The Morgan fingerprint density at radius 3 is 2.72 bits per heavy atom. The molecule has 1 unspecified atom stereocenters. The standard InChI is InChI=1S/C15H16F3N5O2/c1-7-11-8(2)19-12(20-13(11)21-14(7)24)9-6-10(25-3)23(22-9)5-4-15(16,17)18/h6-7H,4-5H2,1-3H3,(H,19,20,21,24). The highest BCUT2D eigenvalue weighted by Gasteiger charge is 2.31. The van der Waals surface area contributed by atoms with E-state index in [4.69, 9.17) is 4.74 Å². The number of aromatic nitrogens is 4. The normalized spacial score (nSPS) is 16.7. The molecular formula is C15H16F3N5O2. The van der Waals surface area contributed by atoms with Crippen LogP contribution in [0, 0.1) is 6.92 Å². The first-order valence-corrected chi connectivity index (χ1v) is 7.58. The van der Waals surface area contributed by atoms with Gasteiger partial charge in [0.1, 0.15) is 11.5 Å². The maximum atomic E-state index is 12.4. The van der Waals surface area contributed by atoms with Crippen LogP contribution < -0.4 is 10.1 Å². The largest absolute Gasteiger partial charge is 0.481 e. The summed E-state index contributed by atoms with van der Waals surface area (Å²) in [6, 6.07) is 1.47. The van der Waals surface area contributed by atoms with Crippen molar-refractivity contribution in [2.75, 3.05) is 12.4 Å². The molecule has 0 bridgehead atoms. The van der Waals surface area contributed by atoms with Gasteiger partial charge in [0, 0.05) is 17.3 Å². The first kappa shape index (κ1) is 17.2. The number of rotatable bonds is 4. The fourth-order valence-corrected chi connectivity index (χ4v) is 2.73. The Balaban J connectivity index is 1.95. The van der Waals surface area contributed by atoms with Crippen molar-refractivity contribution < 1.29 is 22.7 Å². The van der Waals surface area contributed by atoms with E-state index in [1.165, 1.54) is 13.2 Å². The predicted octanol–water partition coefficient (Wildman–Crippen LogP) is 2.67. The summed E-state index contributed by atoms with van der Waals surface area (Å²) in [5, 5.41) is 6.79. The number of alkyl halides is 3. The van der Waals surface area contributed by atoms with E-state index in [-0.39, 0.29) is 35.8 Å². The average Bonchev–Trinajstić information content (AvgIpc) is 3.06. The van der Waals surface area contributed by atoms with Gasteiger partial charge in [-0.3, -0.25) is 4.79 Å². The zero-order chi connectivity index (χ0) is 18.4. The molecule has 1 aliphatic rings. The fourth-order valence-electron chi connectivity index (χ4n) is 2.73. The lowest BCUT2D eigenvalue weighted by atomic mass is 10.0. The number of anilines is 1. The van der Waals surface area contributed by atoms with Crippen LogP contribution in [-0.2, 0) is 11.3 Å². The summed E-state index contributed by atoms with van der Waals surface area (Å²) in [7, 11) is 1.35. The molecule has 25 heavy (non-hydrogen) atoms. The van der Waals surface area contributed by atoms with Crippen molar-refractivity contribution in [2.45, 2.75) is 38.9 Å². The van der Waals surface area contributed by atoms with Gasteiger partial charge in [0.15, 0.2) is 5.82 Å². The van der Waals surface area contributed by atoms with E-state index in [9.17, 15) is 18.0 Å². The van der Waals surface area contributed by atoms with E-state index in [0.29, 0.717) is 11.5 Å². The highest BCUT2D eigenvalue weighted by atomic mass is 19.4. The second-order valence-corrected chi connectivity index (χ2v) is 5.77. The molecule has 134 valence electrons. The lowest BCUT2D eigenvalue weighted by Crippen LogP contribution is -2.13. The van der Waals surface area contributed by atoms with Crippen molar-refractivity contribution in [1.82, 2.24) is 19.7 Å². The molecule has 0 saturated heterocycles. The van der Waals surface area contributed by atoms with Gasteiger partial charge in [-0.15, -0.1) is 0 Å². The molecule has 1 atom stereocenters. The summed E-state index contributed by atoms with van der Waals surface area (Å²) < 4.78 is 43.5. The molecule has 2 aromatic rings. The summed E-state index contributed by atoms with van der Waals surface area (Å²) in [5.74, 6) is 0.290. The second-order valence-electron chi connectivity index (χ2n) is 5.77. The van der Waals surface area contributed by atoms with Gasteiger partial charge in [0.2, 0.25) is 11.8 Å². The smallest absolute Gasteiger partial charge is 0.390 e. The minimum atomic E-state index is -4.29. The van der Waals surface area contributed by atoms with E-state index in [2.05, 4.69) is 20.4 Å². The Morgan fingerprint density at radius 1 is 1.36 bits per heavy atom. The monoisotopic (exact) mass is 355 g/mol. The molecule has 0 aromatic carbocycles.